The van der Waals surface area contributed by atoms with Crippen LogP contribution in [0.15, 0.2) is 84.4 Å². The summed E-state index contributed by atoms with van der Waals surface area (Å²) in [6.07, 6.45) is 9.72. The first-order chi connectivity index (χ1) is 17.9. The highest BCUT2D eigenvalue weighted by molar-refractivity contribution is 5.92. The summed E-state index contributed by atoms with van der Waals surface area (Å²) in [5.74, 6) is 0.327. The van der Waals surface area contributed by atoms with E-state index in [0.717, 1.165) is 49.8 Å². The summed E-state index contributed by atoms with van der Waals surface area (Å²) in [4.78, 5) is 5.21. The lowest BCUT2D eigenvalue weighted by molar-refractivity contribution is 0.285. The zero-order chi connectivity index (χ0) is 26.6. The largest absolute Gasteiger partial charge is 0.396 e. The zero-order valence-corrected chi connectivity index (χ0v) is 23.1. The zero-order valence-electron chi connectivity index (χ0n) is 23.1. The van der Waals surface area contributed by atoms with Crippen molar-refractivity contribution in [1.29, 1.82) is 0 Å². The molecule has 1 N–H and O–H groups in total. The van der Waals surface area contributed by atoms with Gasteiger partial charge in [0.15, 0.2) is 0 Å². The Hall–Kier alpha value is -3.23. The van der Waals surface area contributed by atoms with Crippen LogP contribution in [0.25, 0.3) is 11.8 Å². The number of benzene rings is 3. The lowest BCUT2D eigenvalue weighted by Gasteiger charge is -2.17. The second kappa shape index (κ2) is 14.5. The number of allylic oxidation sites excluding steroid dienone is 1. The molecule has 3 aromatic rings. The number of hydrogen-bond donors (Lipinski definition) is 1. The van der Waals surface area contributed by atoms with Crippen molar-refractivity contribution in [3.05, 3.63) is 118 Å². The highest BCUT2D eigenvalue weighted by Crippen LogP contribution is 2.24. The van der Waals surface area contributed by atoms with Crippen LogP contribution < -0.4 is 0 Å². The van der Waals surface area contributed by atoms with Gasteiger partial charge in [-0.2, -0.15) is 0 Å². The van der Waals surface area contributed by atoms with Crippen LogP contribution >= 0.6 is 0 Å². The van der Waals surface area contributed by atoms with Crippen molar-refractivity contribution in [3.8, 4) is 0 Å². The van der Waals surface area contributed by atoms with E-state index in [4.69, 9.17) is 4.99 Å². The van der Waals surface area contributed by atoms with Crippen molar-refractivity contribution in [2.24, 2.45) is 10.9 Å². The van der Waals surface area contributed by atoms with E-state index in [0.29, 0.717) is 5.92 Å². The minimum atomic E-state index is 0.231. The van der Waals surface area contributed by atoms with E-state index in [1.165, 1.54) is 39.1 Å². The predicted molar refractivity (Wildman–Crippen MR) is 161 cm³/mol. The number of nitrogens with zero attached hydrogens (tertiary/aromatic N) is 1. The number of unbranched alkanes of at least 4 members (excludes halogenated alkanes) is 1. The van der Waals surface area contributed by atoms with Crippen LogP contribution in [0.3, 0.4) is 0 Å². The predicted octanol–water partition coefficient (Wildman–Crippen LogP) is 8.57. The molecule has 3 aromatic carbocycles. The molecule has 0 radical (unpaired) electrons. The van der Waals surface area contributed by atoms with Gasteiger partial charge in [-0.25, -0.2) is 0 Å². The maximum atomic E-state index is 9.33. The average Bonchev–Trinajstić information content (AvgIpc) is 2.91. The van der Waals surface area contributed by atoms with Gasteiger partial charge < -0.3 is 5.11 Å². The van der Waals surface area contributed by atoms with Crippen molar-refractivity contribution < 1.29 is 5.11 Å². The third-order valence-electron chi connectivity index (χ3n) is 7.09. The Labute approximate surface area is 224 Å². The fourth-order valence-electron chi connectivity index (χ4n) is 4.79. The molecule has 194 valence electrons. The summed E-state index contributed by atoms with van der Waals surface area (Å²) in [5.41, 5.74) is 11.2. The molecule has 0 aliphatic rings. The molecule has 0 heterocycles. The van der Waals surface area contributed by atoms with Gasteiger partial charge >= 0.3 is 0 Å². The molecule has 37 heavy (non-hydrogen) atoms. The fourth-order valence-corrected chi connectivity index (χ4v) is 4.79. The summed E-state index contributed by atoms with van der Waals surface area (Å²) >= 11 is 0. The van der Waals surface area contributed by atoms with Gasteiger partial charge in [-0.3, -0.25) is 4.99 Å². The van der Waals surface area contributed by atoms with Crippen molar-refractivity contribution in [3.63, 3.8) is 0 Å². The van der Waals surface area contributed by atoms with Crippen LogP contribution in [0.2, 0.25) is 0 Å². The molecule has 2 nitrogen and oxygen atoms in total. The molecule has 2 heteroatoms. The Morgan fingerprint density at radius 2 is 1.51 bits per heavy atom. The maximum absolute atomic E-state index is 9.33. The molecule has 0 aliphatic heterocycles. The first-order valence-corrected chi connectivity index (χ1v) is 13.6. The van der Waals surface area contributed by atoms with Crippen LogP contribution in [-0.2, 0) is 19.3 Å². The van der Waals surface area contributed by atoms with E-state index in [1.807, 2.05) is 6.08 Å². The Kier molecular flexibility index (Phi) is 11.1. The third kappa shape index (κ3) is 8.68. The minimum absolute atomic E-state index is 0.231. The van der Waals surface area contributed by atoms with Crippen molar-refractivity contribution in [2.75, 3.05) is 6.61 Å². The molecule has 0 saturated carbocycles. The second-order valence-corrected chi connectivity index (χ2v) is 10.1. The van der Waals surface area contributed by atoms with E-state index in [-0.39, 0.29) is 6.61 Å². The van der Waals surface area contributed by atoms with Gasteiger partial charge in [0.1, 0.15) is 0 Å². The summed E-state index contributed by atoms with van der Waals surface area (Å²) in [6.45, 7) is 12.7. The molecule has 1 atom stereocenters. The fraction of sp³-hybridized carbons (Fsp3) is 0.343. The molecular formula is C35H43NO. The summed E-state index contributed by atoms with van der Waals surface area (Å²) in [7, 11) is 0. The van der Waals surface area contributed by atoms with E-state index >= 15 is 0 Å². The Morgan fingerprint density at radius 3 is 2.08 bits per heavy atom. The van der Waals surface area contributed by atoms with Gasteiger partial charge in [-0.15, -0.1) is 0 Å². The average molecular weight is 494 g/mol. The van der Waals surface area contributed by atoms with Crippen LogP contribution in [0.1, 0.15) is 72.1 Å². The van der Waals surface area contributed by atoms with Gasteiger partial charge in [0.2, 0.25) is 0 Å². The van der Waals surface area contributed by atoms with Gasteiger partial charge in [0.25, 0.3) is 0 Å². The summed E-state index contributed by atoms with van der Waals surface area (Å²) in [6, 6.07) is 24.3. The first kappa shape index (κ1) is 28.3. The maximum Gasteiger partial charge on any atom is 0.0661 e. The topological polar surface area (TPSA) is 32.6 Å². The first-order valence-electron chi connectivity index (χ1n) is 13.6. The van der Waals surface area contributed by atoms with Crippen LogP contribution in [0.4, 0.5) is 0 Å². The molecule has 0 fully saturated rings. The minimum Gasteiger partial charge on any atom is -0.396 e. The van der Waals surface area contributed by atoms with E-state index in [9.17, 15) is 5.11 Å². The molecule has 0 aliphatic carbocycles. The van der Waals surface area contributed by atoms with E-state index < -0.39 is 0 Å². The number of hydrogen-bond acceptors (Lipinski definition) is 2. The Morgan fingerprint density at radius 1 is 0.892 bits per heavy atom. The molecule has 1 unspecified atom stereocenters. The van der Waals surface area contributed by atoms with Crippen LogP contribution in [-0.4, -0.2) is 17.4 Å². The van der Waals surface area contributed by atoms with Crippen molar-refractivity contribution in [1.82, 2.24) is 0 Å². The van der Waals surface area contributed by atoms with Gasteiger partial charge in [-0.05, 0) is 93.0 Å². The standard InChI is InChI=1S/C35H43NO/c1-6-29-12-14-30(15-13-29)16-17-31-18-20-32(21-19-31)25-28(5)35(10-8-9-23-37)36-34(7-2)33-22-11-26(3)24-27(33)4/h6-7,11-15,18-22,24,28,37H,1,8-10,16-17,23,25H2,2-5H3/b34-7-,36-35?. The number of aliphatic hydroxyl groups excluding tert-OH is 1. The highest BCUT2D eigenvalue weighted by Gasteiger charge is 2.14. The van der Waals surface area contributed by atoms with Gasteiger partial charge in [0.05, 0.1) is 5.70 Å². The molecule has 0 saturated heterocycles. The summed E-state index contributed by atoms with van der Waals surface area (Å²) < 4.78 is 0. The Balaban J connectivity index is 1.70. The second-order valence-electron chi connectivity index (χ2n) is 10.1. The van der Waals surface area contributed by atoms with Crippen molar-refractivity contribution in [2.45, 2.75) is 66.2 Å². The third-order valence-corrected chi connectivity index (χ3v) is 7.09. The lowest BCUT2D eigenvalue weighted by atomic mass is 9.92. The lowest BCUT2D eigenvalue weighted by Crippen LogP contribution is -2.15. The smallest absolute Gasteiger partial charge is 0.0661 e. The van der Waals surface area contributed by atoms with Gasteiger partial charge in [-0.1, -0.05) is 97.9 Å². The quantitative estimate of drug-likeness (QED) is 0.188. The van der Waals surface area contributed by atoms with Crippen LogP contribution in [0.5, 0.6) is 0 Å². The SMILES string of the molecule is C=Cc1ccc(CCc2ccc(CC(C)C(CCCCO)=N/C(=C\C)c3ccc(C)cc3C)cc2)cc1. The molecule has 0 amide bonds. The molecular weight excluding hydrogens is 450 g/mol. The number of aliphatic hydroxyl groups is 1. The number of rotatable bonds is 13. The monoisotopic (exact) mass is 493 g/mol. The van der Waals surface area contributed by atoms with E-state index in [2.05, 4.69) is 107 Å². The number of aliphatic imine (C=N–C) groups is 1. The number of aryl methyl sites for hydroxylation is 4. The molecule has 0 aromatic heterocycles. The highest BCUT2D eigenvalue weighted by atomic mass is 16.2. The van der Waals surface area contributed by atoms with Crippen LogP contribution in [0, 0.1) is 19.8 Å². The van der Waals surface area contributed by atoms with E-state index in [1.54, 1.807) is 0 Å². The summed E-state index contributed by atoms with van der Waals surface area (Å²) in [5, 5.41) is 9.33. The Bertz CT molecular complexity index is 1200. The molecule has 3 rings (SSSR count). The van der Waals surface area contributed by atoms with Gasteiger partial charge in [0, 0.05) is 17.9 Å². The molecule has 0 spiro atoms. The molecule has 0 bridgehead atoms. The van der Waals surface area contributed by atoms with Crippen molar-refractivity contribution >= 4 is 17.5 Å². The normalized spacial score (nSPS) is 13.0.